The first kappa shape index (κ1) is 15.8. The van der Waals surface area contributed by atoms with Gasteiger partial charge in [0.15, 0.2) is 5.13 Å². The summed E-state index contributed by atoms with van der Waals surface area (Å²) in [5.74, 6) is 2.16. The van der Waals surface area contributed by atoms with Gasteiger partial charge in [-0.2, -0.15) is 0 Å². The zero-order valence-electron chi connectivity index (χ0n) is 13.5. The van der Waals surface area contributed by atoms with E-state index in [0.29, 0.717) is 18.2 Å². The standard InChI is InChI=1S/C17H20N2O3S/c1-11-8-14(11)16(20)19(17-18-6-7-23-17)10-12-4-5-13(21-2)9-15(12)22-3/h4-7,9,11,14H,8,10H2,1-3H3. The highest BCUT2D eigenvalue weighted by Gasteiger charge is 2.42. The minimum atomic E-state index is 0.114. The molecule has 0 spiro atoms. The van der Waals surface area contributed by atoms with Crippen molar-refractivity contribution >= 4 is 22.4 Å². The Morgan fingerprint density at radius 1 is 1.39 bits per heavy atom. The van der Waals surface area contributed by atoms with Crippen LogP contribution in [0, 0.1) is 11.8 Å². The molecule has 1 aromatic heterocycles. The third-order valence-electron chi connectivity index (χ3n) is 4.17. The Labute approximate surface area is 139 Å². The Hall–Kier alpha value is -2.08. The lowest BCUT2D eigenvalue weighted by Crippen LogP contribution is -2.32. The molecule has 23 heavy (non-hydrogen) atoms. The van der Waals surface area contributed by atoms with Crippen LogP contribution in [0.1, 0.15) is 18.9 Å². The highest BCUT2D eigenvalue weighted by molar-refractivity contribution is 7.13. The summed E-state index contributed by atoms with van der Waals surface area (Å²) in [6.45, 7) is 2.55. The molecule has 6 heteroatoms. The van der Waals surface area contributed by atoms with E-state index in [-0.39, 0.29) is 11.8 Å². The number of carbonyl (C=O) groups is 1. The summed E-state index contributed by atoms with van der Waals surface area (Å²) in [5.41, 5.74) is 0.935. The summed E-state index contributed by atoms with van der Waals surface area (Å²) in [5, 5.41) is 2.61. The van der Waals surface area contributed by atoms with Gasteiger partial charge in [-0.05, 0) is 24.5 Å². The number of carbonyl (C=O) groups excluding carboxylic acids is 1. The average Bonchev–Trinajstić information content (AvgIpc) is 3.07. The molecule has 2 aromatic rings. The van der Waals surface area contributed by atoms with E-state index in [9.17, 15) is 4.79 Å². The van der Waals surface area contributed by atoms with Crippen LogP contribution in [-0.2, 0) is 11.3 Å². The molecular formula is C17H20N2O3S. The second-order valence-corrected chi connectivity index (χ2v) is 6.61. The van der Waals surface area contributed by atoms with Gasteiger partial charge in [0.25, 0.3) is 0 Å². The number of thiazole rings is 1. The Bertz CT molecular complexity index is 687. The van der Waals surface area contributed by atoms with Crippen molar-refractivity contribution in [3.63, 3.8) is 0 Å². The average molecular weight is 332 g/mol. The topological polar surface area (TPSA) is 51.7 Å². The SMILES string of the molecule is COc1ccc(CN(C(=O)C2CC2C)c2nccs2)c(OC)c1. The van der Waals surface area contributed by atoms with E-state index in [1.807, 2.05) is 23.6 Å². The molecule has 0 N–H and O–H groups in total. The fraction of sp³-hybridized carbons (Fsp3) is 0.412. The maximum Gasteiger partial charge on any atom is 0.232 e. The Balaban J connectivity index is 1.88. The first-order chi connectivity index (χ1) is 11.1. The highest BCUT2D eigenvalue weighted by Crippen LogP contribution is 2.41. The van der Waals surface area contributed by atoms with Gasteiger partial charge in [-0.1, -0.05) is 6.92 Å². The normalized spacial score (nSPS) is 19.3. The van der Waals surface area contributed by atoms with E-state index in [2.05, 4.69) is 11.9 Å². The number of benzene rings is 1. The summed E-state index contributed by atoms with van der Waals surface area (Å²) >= 11 is 1.47. The fourth-order valence-corrected chi connectivity index (χ4v) is 3.26. The van der Waals surface area contributed by atoms with Crippen LogP contribution in [0.25, 0.3) is 0 Å². The van der Waals surface area contributed by atoms with E-state index in [0.717, 1.165) is 22.9 Å². The molecule has 5 nitrogen and oxygen atoms in total. The molecule has 1 aromatic carbocycles. The largest absolute Gasteiger partial charge is 0.497 e. The number of rotatable bonds is 6. The minimum absolute atomic E-state index is 0.114. The van der Waals surface area contributed by atoms with Crippen molar-refractivity contribution in [3.05, 3.63) is 35.3 Å². The number of hydrogen-bond acceptors (Lipinski definition) is 5. The van der Waals surface area contributed by atoms with Gasteiger partial charge in [0.1, 0.15) is 11.5 Å². The van der Waals surface area contributed by atoms with Gasteiger partial charge in [-0.3, -0.25) is 9.69 Å². The number of anilines is 1. The lowest BCUT2D eigenvalue weighted by atomic mass is 10.1. The van der Waals surface area contributed by atoms with Crippen molar-refractivity contribution in [2.24, 2.45) is 11.8 Å². The molecule has 0 saturated heterocycles. The van der Waals surface area contributed by atoms with Gasteiger partial charge < -0.3 is 9.47 Å². The maximum atomic E-state index is 12.8. The minimum Gasteiger partial charge on any atom is -0.497 e. The number of methoxy groups -OCH3 is 2. The molecule has 2 atom stereocenters. The van der Waals surface area contributed by atoms with Gasteiger partial charge in [-0.15, -0.1) is 11.3 Å². The van der Waals surface area contributed by atoms with E-state index < -0.39 is 0 Å². The van der Waals surface area contributed by atoms with Crippen molar-refractivity contribution in [1.82, 2.24) is 4.98 Å². The zero-order chi connectivity index (χ0) is 16.4. The van der Waals surface area contributed by atoms with Crippen LogP contribution in [0.5, 0.6) is 11.5 Å². The van der Waals surface area contributed by atoms with Crippen LogP contribution < -0.4 is 14.4 Å². The molecule has 0 aliphatic heterocycles. The van der Waals surface area contributed by atoms with Gasteiger partial charge in [0.05, 0.1) is 20.8 Å². The van der Waals surface area contributed by atoms with Crippen LogP contribution in [0.2, 0.25) is 0 Å². The van der Waals surface area contributed by atoms with Gasteiger partial charge in [0, 0.05) is 29.1 Å². The summed E-state index contributed by atoms with van der Waals surface area (Å²) < 4.78 is 10.7. The third kappa shape index (κ3) is 3.32. The maximum absolute atomic E-state index is 12.8. The molecule has 1 saturated carbocycles. The summed E-state index contributed by atoms with van der Waals surface area (Å²) in [4.78, 5) is 18.9. The Morgan fingerprint density at radius 3 is 2.74 bits per heavy atom. The molecule has 3 rings (SSSR count). The van der Waals surface area contributed by atoms with Crippen molar-refractivity contribution in [2.75, 3.05) is 19.1 Å². The van der Waals surface area contributed by atoms with E-state index >= 15 is 0 Å². The van der Waals surface area contributed by atoms with Crippen molar-refractivity contribution in [2.45, 2.75) is 19.9 Å². The lowest BCUT2D eigenvalue weighted by Gasteiger charge is -2.21. The summed E-state index contributed by atoms with van der Waals surface area (Å²) in [6, 6.07) is 5.64. The molecule has 1 fully saturated rings. The molecular weight excluding hydrogens is 312 g/mol. The van der Waals surface area contributed by atoms with Gasteiger partial charge in [-0.25, -0.2) is 4.98 Å². The molecule has 122 valence electrons. The third-order valence-corrected chi connectivity index (χ3v) is 4.96. The van der Waals surface area contributed by atoms with E-state index in [1.54, 1.807) is 25.3 Å². The van der Waals surface area contributed by atoms with Crippen molar-refractivity contribution in [1.29, 1.82) is 0 Å². The predicted octanol–water partition coefficient (Wildman–Crippen LogP) is 3.35. The Kier molecular flexibility index (Phi) is 4.52. The predicted molar refractivity (Wildman–Crippen MR) is 90.1 cm³/mol. The van der Waals surface area contributed by atoms with Gasteiger partial charge in [0.2, 0.25) is 5.91 Å². The number of nitrogens with zero attached hydrogens (tertiary/aromatic N) is 2. The van der Waals surface area contributed by atoms with Gasteiger partial charge >= 0.3 is 0 Å². The molecule has 1 heterocycles. The summed E-state index contributed by atoms with van der Waals surface area (Å²) in [6.07, 6.45) is 2.68. The smallest absolute Gasteiger partial charge is 0.232 e. The highest BCUT2D eigenvalue weighted by atomic mass is 32.1. The molecule has 1 aliphatic carbocycles. The monoisotopic (exact) mass is 332 g/mol. The van der Waals surface area contributed by atoms with Crippen LogP contribution >= 0.6 is 11.3 Å². The van der Waals surface area contributed by atoms with E-state index in [1.165, 1.54) is 11.3 Å². The first-order valence-electron chi connectivity index (χ1n) is 7.55. The molecule has 0 radical (unpaired) electrons. The van der Waals surface area contributed by atoms with Crippen molar-refractivity contribution < 1.29 is 14.3 Å². The van der Waals surface area contributed by atoms with Crippen LogP contribution in [-0.4, -0.2) is 25.1 Å². The second-order valence-electron chi connectivity index (χ2n) is 5.74. The number of aromatic nitrogens is 1. The molecule has 2 unspecified atom stereocenters. The van der Waals surface area contributed by atoms with E-state index in [4.69, 9.17) is 9.47 Å². The van der Waals surface area contributed by atoms with Crippen LogP contribution in [0.4, 0.5) is 5.13 Å². The van der Waals surface area contributed by atoms with Crippen LogP contribution in [0.3, 0.4) is 0 Å². The number of hydrogen-bond donors (Lipinski definition) is 0. The number of amides is 1. The molecule has 0 bridgehead atoms. The lowest BCUT2D eigenvalue weighted by molar-refractivity contribution is -0.120. The quantitative estimate of drug-likeness (QED) is 0.814. The molecule has 1 aliphatic rings. The second kappa shape index (κ2) is 6.58. The first-order valence-corrected chi connectivity index (χ1v) is 8.43. The number of ether oxygens (including phenoxy) is 2. The Morgan fingerprint density at radius 2 is 2.17 bits per heavy atom. The fourth-order valence-electron chi connectivity index (χ4n) is 2.61. The molecule has 1 amide bonds. The summed E-state index contributed by atoms with van der Waals surface area (Å²) in [7, 11) is 3.24. The van der Waals surface area contributed by atoms with Crippen molar-refractivity contribution in [3.8, 4) is 11.5 Å². The zero-order valence-corrected chi connectivity index (χ0v) is 14.3. The van der Waals surface area contributed by atoms with Crippen LogP contribution in [0.15, 0.2) is 29.8 Å².